The van der Waals surface area contributed by atoms with Gasteiger partial charge in [-0.2, -0.15) is 0 Å². The van der Waals surface area contributed by atoms with Gasteiger partial charge in [0.15, 0.2) is 0 Å². The third-order valence-corrected chi connectivity index (χ3v) is 4.35. The van der Waals surface area contributed by atoms with Gasteiger partial charge >= 0.3 is 5.97 Å². The summed E-state index contributed by atoms with van der Waals surface area (Å²) in [6, 6.07) is 0. The van der Waals surface area contributed by atoms with Crippen LogP contribution in [0.4, 0.5) is 8.78 Å². The van der Waals surface area contributed by atoms with Gasteiger partial charge in [-0.05, 0) is 18.8 Å². The molecular formula is C15H22F2O2. The van der Waals surface area contributed by atoms with Crippen LogP contribution in [0.1, 0.15) is 57.8 Å². The molecular weight excluding hydrogens is 250 g/mol. The third-order valence-electron chi connectivity index (χ3n) is 4.35. The summed E-state index contributed by atoms with van der Waals surface area (Å²) in [5.74, 6) is -2.75. The van der Waals surface area contributed by atoms with E-state index in [1.807, 2.05) is 0 Å². The van der Waals surface area contributed by atoms with Crippen LogP contribution in [0.3, 0.4) is 0 Å². The van der Waals surface area contributed by atoms with Crippen molar-refractivity contribution in [2.75, 3.05) is 7.11 Å². The zero-order valence-corrected chi connectivity index (χ0v) is 11.5. The second kappa shape index (κ2) is 6.02. The van der Waals surface area contributed by atoms with Crippen molar-refractivity contribution in [2.24, 2.45) is 5.92 Å². The Morgan fingerprint density at radius 2 is 2.00 bits per heavy atom. The molecule has 0 amide bonds. The minimum Gasteiger partial charge on any atom is -0.466 e. The van der Waals surface area contributed by atoms with E-state index < -0.39 is 18.3 Å². The molecule has 1 fully saturated rings. The SMILES string of the molecule is COC(=O)C1=C(CC2CCCCC2)CCC(F)(F)C1. The lowest BCUT2D eigenvalue weighted by Crippen LogP contribution is -2.27. The Morgan fingerprint density at radius 1 is 1.32 bits per heavy atom. The van der Waals surface area contributed by atoms with Crippen LogP contribution in [0, 0.1) is 5.92 Å². The van der Waals surface area contributed by atoms with Crippen LogP contribution in [0.2, 0.25) is 0 Å². The molecule has 0 spiro atoms. The van der Waals surface area contributed by atoms with Crippen molar-refractivity contribution in [3.05, 3.63) is 11.1 Å². The molecule has 2 nitrogen and oxygen atoms in total. The number of hydrogen-bond acceptors (Lipinski definition) is 2. The highest BCUT2D eigenvalue weighted by molar-refractivity contribution is 5.89. The van der Waals surface area contributed by atoms with Crippen LogP contribution in [-0.4, -0.2) is 19.0 Å². The average molecular weight is 272 g/mol. The summed E-state index contributed by atoms with van der Waals surface area (Å²) in [5, 5.41) is 0. The van der Waals surface area contributed by atoms with E-state index in [1.54, 1.807) is 0 Å². The van der Waals surface area contributed by atoms with E-state index >= 15 is 0 Å². The fourth-order valence-corrected chi connectivity index (χ4v) is 3.26. The molecule has 0 N–H and O–H groups in total. The van der Waals surface area contributed by atoms with Crippen molar-refractivity contribution in [3.8, 4) is 0 Å². The van der Waals surface area contributed by atoms with Gasteiger partial charge < -0.3 is 4.74 Å². The molecule has 0 heterocycles. The van der Waals surface area contributed by atoms with Crippen molar-refractivity contribution < 1.29 is 18.3 Å². The maximum atomic E-state index is 13.5. The van der Waals surface area contributed by atoms with Gasteiger partial charge in [0.25, 0.3) is 5.92 Å². The molecule has 0 aromatic carbocycles. The summed E-state index contributed by atoms with van der Waals surface area (Å²) >= 11 is 0. The quantitative estimate of drug-likeness (QED) is 0.718. The molecule has 2 aliphatic carbocycles. The monoisotopic (exact) mass is 272 g/mol. The van der Waals surface area contributed by atoms with Crippen LogP contribution < -0.4 is 0 Å². The van der Waals surface area contributed by atoms with Crippen LogP contribution in [0.5, 0.6) is 0 Å². The summed E-state index contributed by atoms with van der Waals surface area (Å²) in [7, 11) is 1.26. The Kier molecular flexibility index (Phi) is 4.58. The van der Waals surface area contributed by atoms with Gasteiger partial charge in [-0.1, -0.05) is 37.7 Å². The molecule has 0 aromatic heterocycles. The zero-order chi connectivity index (χ0) is 13.9. The Hall–Kier alpha value is -0.930. The fourth-order valence-electron chi connectivity index (χ4n) is 3.26. The largest absolute Gasteiger partial charge is 0.466 e. The molecule has 19 heavy (non-hydrogen) atoms. The summed E-state index contributed by atoms with van der Waals surface area (Å²) in [6.45, 7) is 0. The van der Waals surface area contributed by atoms with E-state index in [4.69, 9.17) is 0 Å². The van der Waals surface area contributed by atoms with E-state index in [-0.39, 0.29) is 12.0 Å². The smallest absolute Gasteiger partial charge is 0.333 e. The summed E-state index contributed by atoms with van der Waals surface area (Å²) in [4.78, 5) is 11.7. The summed E-state index contributed by atoms with van der Waals surface area (Å²) < 4.78 is 31.6. The summed E-state index contributed by atoms with van der Waals surface area (Å²) in [6.07, 6.45) is 6.62. The number of methoxy groups -OCH3 is 1. The second-order valence-electron chi connectivity index (χ2n) is 5.81. The summed E-state index contributed by atoms with van der Waals surface area (Å²) in [5.41, 5.74) is 1.16. The maximum absolute atomic E-state index is 13.5. The first-order valence-electron chi connectivity index (χ1n) is 7.19. The van der Waals surface area contributed by atoms with Gasteiger partial charge in [0, 0.05) is 18.4 Å². The Balaban J connectivity index is 2.12. The van der Waals surface area contributed by atoms with Gasteiger partial charge in [0.2, 0.25) is 0 Å². The highest BCUT2D eigenvalue weighted by Gasteiger charge is 2.38. The first kappa shape index (κ1) is 14.5. The van der Waals surface area contributed by atoms with Crippen LogP contribution in [0.15, 0.2) is 11.1 Å². The number of rotatable bonds is 3. The van der Waals surface area contributed by atoms with Crippen LogP contribution in [0.25, 0.3) is 0 Å². The number of hydrogen-bond donors (Lipinski definition) is 0. The second-order valence-corrected chi connectivity index (χ2v) is 5.81. The van der Waals surface area contributed by atoms with Gasteiger partial charge in [-0.15, -0.1) is 0 Å². The van der Waals surface area contributed by atoms with Gasteiger partial charge in [0.05, 0.1) is 7.11 Å². The number of allylic oxidation sites excluding steroid dienone is 1. The van der Waals surface area contributed by atoms with Crippen molar-refractivity contribution in [1.29, 1.82) is 0 Å². The Morgan fingerprint density at radius 3 is 2.63 bits per heavy atom. The van der Waals surface area contributed by atoms with E-state index in [9.17, 15) is 13.6 Å². The number of halogens is 2. The van der Waals surface area contributed by atoms with Crippen LogP contribution >= 0.6 is 0 Å². The highest BCUT2D eigenvalue weighted by Crippen LogP contribution is 2.41. The molecule has 4 heteroatoms. The minimum atomic E-state index is -2.75. The number of carbonyl (C=O) groups excluding carboxylic acids is 1. The fraction of sp³-hybridized carbons (Fsp3) is 0.800. The standard InChI is InChI=1S/C15H22F2O2/c1-19-14(18)13-10-15(16,17)8-7-12(13)9-11-5-3-2-4-6-11/h11H,2-10H2,1H3. The molecule has 2 aliphatic rings. The molecule has 0 bridgehead atoms. The normalized spacial score (nSPS) is 24.4. The lowest BCUT2D eigenvalue weighted by molar-refractivity contribution is -0.137. The molecule has 1 saturated carbocycles. The van der Waals surface area contributed by atoms with Crippen LogP contribution in [-0.2, 0) is 9.53 Å². The van der Waals surface area contributed by atoms with E-state index in [0.717, 1.165) is 24.8 Å². The number of esters is 1. The molecule has 0 saturated heterocycles. The van der Waals surface area contributed by atoms with E-state index in [2.05, 4.69) is 4.74 Å². The first-order chi connectivity index (χ1) is 9.02. The molecule has 0 aromatic rings. The predicted octanol–water partition coefficient (Wildman–Crippen LogP) is 4.25. The highest BCUT2D eigenvalue weighted by atomic mass is 19.3. The molecule has 2 rings (SSSR count). The maximum Gasteiger partial charge on any atom is 0.333 e. The third kappa shape index (κ3) is 3.77. The Labute approximate surface area is 113 Å². The molecule has 0 radical (unpaired) electrons. The van der Waals surface area contributed by atoms with Gasteiger partial charge in [0.1, 0.15) is 0 Å². The lowest BCUT2D eigenvalue weighted by atomic mass is 9.79. The Bertz CT molecular complexity index is 368. The number of carbonyl (C=O) groups is 1. The van der Waals surface area contributed by atoms with Gasteiger partial charge in [-0.3, -0.25) is 0 Å². The lowest BCUT2D eigenvalue weighted by Gasteiger charge is -2.29. The minimum absolute atomic E-state index is 0.129. The molecule has 0 aliphatic heterocycles. The molecule has 0 atom stereocenters. The molecule has 0 unspecified atom stereocenters. The van der Waals surface area contributed by atoms with E-state index in [0.29, 0.717) is 12.3 Å². The van der Waals surface area contributed by atoms with Crippen molar-refractivity contribution in [2.45, 2.75) is 63.7 Å². The number of alkyl halides is 2. The van der Waals surface area contributed by atoms with Crippen molar-refractivity contribution in [3.63, 3.8) is 0 Å². The number of ether oxygens (including phenoxy) is 1. The van der Waals surface area contributed by atoms with Crippen molar-refractivity contribution >= 4 is 5.97 Å². The average Bonchev–Trinajstić information content (AvgIpc) is 2.41. The zero-order valence-electron chi connectivity index (χ0n) is 11.5. The van der Waals surface area contributed by atoms with E-state index in [1.165, 1.54) is 26.4 Å². The topological polar surface area (TPSA) is 26.3 Å². The van der Waals surface area contributed by atoms with Crippen molar-refractivity contribution in [1.82, 2.24) is 0 Å². The predicted molar refractivity (Wildman–Crippen MR) is 69.0 cm³/mol. The first-order valence-corrected chi connectivity index (χ1v) is 7.19. The van der Waals surface area contributed by atoms with Gasteiger partial charge in [-0.25, -0.2) is 13.6 Å². The molecule has 108 valence electrons.